The molecule has 1 unspecified atom stereocenters. The molecule has 8 aliphatic carbocycles. The van der Waals surface area contributed by atoms with E-state index >= 15 is 0 Å². The summed E-state index contributed by atoms with van der Waals surface area (Å²) in [4.78, 5) is 5.80. The Labute approximate surface area is 324 Å². The molecular formula is C53H57N. The Morgan fingerprint density at radius 1 is 0.463 bits per heavy atom. The Hall–Kier alpha value is -3.97. The fourth-order valence-electron chi connectivity index (χ4n) is 14.6. The molecule has 8 saturated carbocycles. The minimum atomic E-state index is 0.143. The van der Waals surface area contributed by atoms with E-state index in [9.17, 15) is 0 Å². The van der Waals surface area contributed by atoms with Crippen molar-refractivity contribution in [1.29, 1.82) is 0 Å². The summed E-state index contributed by atoms with van der Waals surface area (Å²) >= 11 is 0. The molecule has 8 aliphatic rings. The van der Waals surface area contributed by atoms with Crippen molar-refractivity contribution in [3.05, 3.63) is 136 Å². The van der Waals surface area contributed by atoms with E-state index < -0.39 is 0 Å². The number of benzene rings is 4. The van der Waals surface area contributed by atoms with Crippen molar-refractivity contribution in [2.75, 3.05) is 0 Å². The van der Waals surface area contributed by atoms with E-state index in [4.69, 9.17) is 4.98 Å². The van der Waals surface area contributed by atoms with Crippen molar-refractivity contribution >= 4 is 0 Å². The van der Waals surface area contributed by atoms with Crippen LogP contribution in [0, 0.1) is 63.2 Å². The minimum absolute atomic E-state index is 0.143. The third-order valence-electron chi connectivity index (χ3n) is 15.9. The van der Waals surface area contributed by atoms with Crippen molar-refractivity contribution in [2.24, 2.45) is 35.5 Å². The molecule has 5 aromatic rings. The zero-order valence-corrected chi connectivity index (χ0v) is 33.0. The first-order chi connectivity index (χ1) is 26.2. The Morgan fingerprint density at radius 2 is 1.06 bits per heavy atom. The van der Waals surface area contributed by atoms with Crippen LogP contribution in [-0.2, 0) is 10.8 Å². The summed E-state index contributed by atoms with van der Waals surface area (Å²) in [5.74, 6) is 5.70. The highest BCUT2D eigenvalue weighted by Crippen LogP contribution is 2.67. The summed E-state index contributed by atoms with van der Waals surface area (Å²) in [7, 11) is 0. The second kappa shape index (κ2) is 12.3. The number of aromatic nitrogens is 1. The van der Waals surface area contributed by atoms with Crippen LogP contribution in [0.15, 0.2) is 97.1 Å². The van der Waals surface area contributed by atoms with Gasteiger partial charge in [0.1, 0.15) is 0 Å². The average molecular weight is 708 g/mol. The van der Waals surface area contributed by atoms with Crippen LogP contribution in [0.25, 0.3) is 33.5 Å². The molecule has 3 atom stereocenters. The molecule has 13 rings (SSSR count). The first kappa shape index (κ1) is 33.4. The van der Waals surface area contributed by atoms with Gasteiger partial charge in [-0.15, -0.1) is 0 Å². The van der Waals surface area contributed by atoms with Crippen molar-refractivity contribution < 1.29 is 0 Å². The highest BCUT2D eigenvalue weighted by atomic mass is 14.8. The molecule has 1 heteroatoms. The van der Waals surface area contributed by atoms with Crippen LogP contribution < -0.4 is 0 Å². The van der Waals surface area contributed by atoms with Gasteiger partial charge >= 0.3 is 0 Å². The van der Waals surface area contributed by atoms with Gasteiger partial charge in [-0.1, -0.05) is 101 Å². The van der Waals surface area contributed by atoms with Crippen molar-refractivity contribution in [1.82, 2.24) is 4.98 Å². The Morgan fingerprint density at radius 3 is 1.74 bits per heavy atom. The average Bonchev–Trinajstić information content (AvgIpc) is 3.14. The van der Waals surface area contributed by atoms with Gasteiger partial charge in [0.2, 0.25) is 0 Å². The van der Waals surface area contributed by atoms with Gasteiger partial charge < -0.3 is 0 Å². The molecule has 274 valence electrons. The van der Waals surface area contributed by atoms with Crippen molar-refractivity contribution in [3.8, 4) is 33.5 Å². The van der Waals surface area contributed by atoms with Gasteiger partial charge in [-0.3, -0.25) is 4.98 Å². The first-order valence-corrected chi connectivity index (χ1v) is 21.6. The van der Waals surface area contributed by atoms with E-state index in [1.165, 1.54) is 126 Å². The number of hydrogen-bond acceptors (Lipinski definition) is 1. The summed E-state index contributed by atoms with van der Waals surface area (Å²) in [6.07, 6.45) is 15.5. The Balaban J connectivity index is 1.01. The lowest BCUT2D eigenvalue weighted by Gasteiger charge is -2.61. The standard InChI is InChI=1S/C53H57N/c1-32-8-11-41(12-9-32)42-14-34(3)17-46(25-42)53-30-39-22-40(31-53)24-44(23-39)51(53)50-7-5-6-49(54-50)48-18-33(2)10-13-47(48)43-15-35(4)16-45(26-43)52-27-36-19-37(28-52)21-38(20-36)29-52/h5-18,25-26,36-40,44,51H,19-24,27-31H2,1-4H3/t36?,37?,38?,39-,40-,44?,51?,52?,53?/m1/s1. The summed E-state index contributed by atoms with van der Waals surface area (Å²) in [5, 5.41) is 0. The fraction of sp³-hybridized carbons (Fsp3) is 0.453. The molecule has 0 amide bonds. The molecule has 0 saturated heterocycles. The molecule has 8 fully saturated rings. The van der Waals surface area contributed by atoms with Gasteiger partial charge in [-0.05, 0) is 191 Å². The Bertz CT molecular complexity index is 2220. The van der Waals surface area contributed by atoms with Gasteiger partial charge in [0, 0.05) is 22.6 Å². The first-order valence-electron chi connectivity index (χ1n) is 21.6. The van der Waals surface area contributed by atoms with E-state index in [-0.39, 0.29) is 5.41 Å². The lowest BCUT2D eigenvalue weighted by molar-refractivity contribution is -0.0293. The van der Waals surface area contributed by atoms with Gasteiger partial charge in [-0.25, -0.2) is 0 Å². The normalized spacial score (nSPS) is 33.1. The SMILES string of the molecule is Cc1ccc(-c2cc(C)cc(C34C[C@H]5CC(C[C@@H](C5)C3)C4c3cccc(-c4cc(C)ccc4-c4cc(C)cc(C56CC7CC(CC(C7)C5)C6)c4)n3)c2)cc1. The maximum atomic E-state index is 5.80. The number of nitrogens with zero attached hydrogens (tertiary/aromatic N) is 1. The number of aryl methyl sites for hydroxylation is 4. The van der Waals surface area contributed by atoms with Crippen LogP contribution in [0.3, 0.4) is 0 Å². The highest BCUT2D eigenvalue weighted by molar-refractivity contribution is 5.83. The van der Waals surface area contributed by atoms with Crippen LogP contribution in [0.5, 0.6) is 0 Å². The van der Waals surface area contributed by atoms with Crippen LogP contribution in [0.1, 0.15) is 116 Å². The lowest BCUT2D eigenvalue weighted by Crippen LogP contribution is -2.54. The van der Waals surface area contributed by atoms with Crippen LogP contribution in [-0.4, -0.2) is 4.98 Å². The van der Waals surface area contributed by atoms with E-state index in [1.54, 1.807) is 11.1 Å². The zero-order chi connectivity index (χ0) is 36.3. The minimum Gasteiger partial charge on any atom is -0.252 e. The molecule has 54 heavy (non-hydrogen) atoms. The molecule has 0 spiro atoms. The molecule has 0 radical (unpaired) electrons. The number of rotatable bonds is 6. The number of pyridine rings is 1. The van der Waals surface area contributed by atoms with Crippen molar-refractivity contribution in [2.45, 2.75) is 115 Å². The smallest absolute Gasteiger partial charge is 0.0711 e. The summed E-state index contributed by atoms with van der Waals surface area (Å²) in [6, 6.07) is 38.5. The van der Waals surface area contributed by atoms with Gasteiger partial charge in [0.05, 0.1) is 5.69 Å². The molecule has 1 nitrogen and oxygen atoms in total. The predicted octanol–water partition coefficient (Wildman–Crippen LogP) is 13.6. The van der Waals surface area contributed by atoms with Crippen LogP contribution in [0.4, 0.5) is 0 Å². The molecule has 0 aliphatic heterocycles. The highest BCUT2D eigenvalue weighted by Gasteiger charge is 2.58. The third-order valence-corrected chi connectivity index (χ3v) is 15.9. The fourth-order valence-corrected chi connectivity index (χ4v) is 14.6. The quantitative estimate of drug-likeness (QED) is 0.171. The third kappa shape index (κ3) is 5.42. The summed E-state index contributed by atoms with van der Waals surface area (Å²) < 4.78 is 0. The molecule has 1 aromatic heterocycles. The van der Waals surface area contributed by atoms with Crippen molar-refractivity contribution in [3.63, 3.8) is 0 Å². The van der Waals surface area contributed by atoms with E-state index in [0.717, 1.165) is 35.3 Å². The van der Waals surface area contributed by atoms with Gasteiger partial charge in [0.15, 0.2) is 0 Å². The second-order valence-corrected chi connectivity index (χ2v) is 20.0. The summed E-state index contributed by atoms with van der Waals surface area (Å²) in [5.41, 5.74) is 18.4. The van der Waals surface area contributed by atoms with Gasteiger partial charge in [0.25, 0.3) is 0 Å². The van der Waals surface area contributed by atoms with Crippen LogP contribution >= 0.6 is 0 Å². The maximum absolute atomic E-state index is 5.80. The predicted molar refractivity (Wildman–Crippen MR) is 224 cm³/mol. The topological polar surface area (TPSA) is 12.9 Å². The second-order valence-electron chi connectivity index (χ2n) is 20.0. The Kier molecular flexibility index (Phi) is 7.58. The van der Waals surface area contributed by atoms with E-state index in [1.807, 2.05) is 0 Å². The maximum Gasteiger partial charge on any atom is 0.0711 e. The molecule has 8 bridgehead atoms. The zero-order valence-electron chi connectivity index (χ0n) is 33.0. The monoisotopic (exact) mass is 707 g/mol. The number of hydrogen-bond donors (Lipinski definition) is 0. The molecule has 4 aromatic carbocycles. The molecular weight excluding hydrogens is 651 g/mol. The van der Waals surface area contributed by atoms with E-state index in [0.29, 0.717) is 17.3 Å². The molecule has 1 heterocycles. The van der Waals surface area contributed by atoms with Gasteiger partial charge in [-0.2, -0.15) is 0 Å². The lowest BCUT2D eigenvalue weighted by atomic mass is 9.43. The largest absolute Gasteiger partial charge is 0.252 e. The molecule has 0 N–H and O–H groups in total. The van der Waals surface area contributed by atoms with E-state index in [2.05, 4.69) is 125 Å². The van der Waals surface area contributed by atoms with Crippen LogP contribution in [0.2, 0.25) is 0 Å². The summed E-state index contributed by atoms with van der Waals surface area (Å²) in [6.45, 7) is 9.09.